The average Bonchev–Trinajstić information content (AvgIpc) is 3.08. The van der Waals surface area contributed by atoms with Crippen LogP contribution in [-0.2, 0) is 0 Å². The molecule has 3 aliphatic carbocycles. The van der Waals surface area contributed by atoms with Crippen molar-refractivity contribution in [3.05, 3.63) is 23.3 Å². The Hall–Kier alpha value is -0.680. The average molecular weight is 505 g/mol. The van der Waals surface area contributed by atoms with Crippen LogP contribution in [0.25, 0.3) is 0 Å². The normalized spacial score (nSPS) is 34.4. The molecule has 3 fully saturated rings. The van der Waals surface area contributed by atoms with Gasteiger partial charge in [-0.2, -0.15) is 0 Å². The molecule has 0 radical (unpaired) electrons. The van der Waals surface area contributed by atoms with Gasteiger partial charge in [0.25, 0.3) is 0 Å². The molecular formula is C32H56O4. The van der Waals surface area contributed by atoms with Gasteiger partial charge in [-0.1, -0.05) is 50.0 Å². The third kappa shape index (κ3) is 7.91. The molecule has 3 unspecified atom stereocenters. The van der Waals surface area contributed by atoms with E-state index in [9.17, 15) is 20.4 Å². The van der Waals surface area contributed by atoms with Crippen LogP contribution in [-0.4, -0.2) is 43.8 Å². The first-order valence-electron chi connectivity index (χ1n) is 14.8. The van der Waals surface area contributed by atoms with Crippen molar-refractivity contribution in [2.24, 2.45) is 22.7 Å². The molecule has 0 aromatic rings. The van der Waals surface area contributed by atoms with E-state index in [0.717, 1.165) is 44.9 Å². The van der Waals surface area contributed by atoms with Crippen LogP contribution in [0.15, 0.2) is 23.3 Å². The topological polar surface area (TPSA) is 80.9 Å². The molecule has 3 aliphatic rings. The molecule has 0 bridgehead atoms. The van der Waals surface area contributed by atoms with Gasteiger partial charge in [0.05, 0.1) is 23.4 Å². The summed E-state index contributed by atoms with van der Waals surface area (Å²) in [6.07, 6.45) is 17.8. The van der Waals surface area contributed by atoms with Crippen molar-refractivity contribution >= 4 is 0 Å². The molecular weight excluding hydrogens is 448 g/mol. The molecule has 0 amide bonds. The minimum atomic E-state index is -0.620. The van der Waals surface area contributed by atoms with E-state index in [1.54, 1.807) is 5.57 Å². The van der Waals surface area contributed by atoms with Gasteiger partial charge in [0.2, 0.25) is 0 Å². The number of aliphatic hydroxyl groups excluding tert-OH is 2. The largest absolute Gasteiger partial charge is 0.393 e. The maximum atomic E-state index is 10.4. The van der Waals surface area contributed by atoms with Crippen LogP contribution < -0.4 is 0 Å². The second-order valence-electron chi connectivity index (χ2n) is 14.5. The molecule has 3 rings (SSSR count). The Morgan fingerprint density at radius 3 is 1.92 bits per heavy atom. The number of allylic oxidation sites excluding steroid dienone is 3. The fourth-order valence-electron chi connectivity index (χ4n) is 8.24. The van der Waals surface area contributed by atoms with Crippen molar-refractivity contribution in [3.8, 4) is 0 Å². The highest BCUT2D eigenvalue weighted by atomic mass is 16.3. The summed E-state index contributed by atoms with van der Waals surface area (Å²) in [6.45, 7) is 12.7. The molecule has 0 spiro atoms. The van der Waals surface area contributed by atoms with Crippen LogP contribution in [0.1, 0.15) is 131 Å². The molecule has 4 nitrogen and oxygen atoms in total. The first-order chi connectivity index (χ1) is 16.6. The van der Waals surface area contributed by atoms with Gasteiger partial charge < -0.3 is 20.4 Å². The maximum Gasteiger partial charge on any atom is 0.0602 e. The van der Waals surface area contributed by atoms with Crippen molar-refractivity contribution in [2.75, 3.05) is 0 Å². The summed E-state index contributed by atoms with van der Waals surface area (Å²) in [6, 6.07) is 0. The Bertz CT molecular complexity index is 751. The van der Waals surface area contributed by atoms with Gasteiger partial charge in [-0.15, -0.1) is 0 Å². The van der Waals surface area contributed by atoms with E-state index in [1.165, 1.54) is 31.3 Å². The lowest BCUT2D eigenvalue weighted by atomic mass is 9.55. The maximum absolute atomic E-state index is 10.4. The smallest absolute Gasteiger partial charge is 0.0602 e. The summed E-state index contributed by atoms with van der Waals surface area (Å²) in [5.74, 6) is 1.25. The molecule has 5 atom stereocenters. The first kappa shape index (κ1) is 29.9. The fourth-order valence-corrected chi connectivity index (χ4v) is 8.24. The number of hydrogen-bond donors (Lipinski definition) is 4. The zero-order valence-corrected chi connectivity index (χ0v) is 24.2. The van der Waals surface area contributed by atoms with Gasteiger partial charge >= 0.3 is 0 Å². The number of fused-ring (bicyclic) bond motifs is 1. The van der Waals surface area contributed by atoms with Gasteiger partial charge in [0.15, 0.2) is 0 Å². The summed E-state index contributed by atoms with van der Waals surface area (Å²) in [5, 5.41) is 40.9. The van der Waals surface area contributed by atoms with E-state index in [4.69, 9.17) is 0 Å². The Morgan fingerprint density at radius 1 is 0.833 bits per heavy atom. The van der Waals surface area contributed by atoms with Crippen LogP contribution in [0.4, 0.5) is 0 Å². The lowest BCUT2D eigenvalue weighted by Gasteiger charge is -2.50. The third-order valence-electron chi connectivity index (χ3n) is 9.95. The Kier molecular flexibility index (Phi) is 9.62. The standard InChI is InChI=1S/C32H56O4/c1-29(2,35)15-8-17-31(5,18-9-16-30(3,4)36)28-14-13-27-24(10-7-19-32(27,28)6)12-11-23-20-25(33)22-26(34)21-23/h11-12,25-28,33-36H,7-10,13-22H2,1-6H3/t25-,26?,27?,28?,32+/m1/s1. The Labute approximate surface area is 221 Å². The SMILES string of the molecule is CC(C)(O)CCCC(C)(CCCC(C)(C)O)C1CCC2C(=CC=C3CC(O)C[C@H](O)C3)CCC[C@@]21C. The molecule has 0 heterocycles. The molecule has 36 heavy (non-hydrogen) atoms. The summed E-state index contributed by atoms with van der Waals surface area (Å²) < 4.78 is 0. The van der Waals surface area contributed by atoms with E-state index in [0.29, 0.717) is 31.1 Å². The summed E-state index contributed by atoms with van der Waals surface area (Å²) >= 11 is 0. The lowest BCUT2D eigenvalue weighted by molar-refractivity contribution is 0.00527. The van der Waals surface area contributed by atoms with Crippen molar-refractivity contribution in [3.63, 3.8) is 0 Å². The molecule has 4 heteroatoms. The molecule has 0 aromatic carbocycles. The lowest BCUT2D eigenvalue weighted by Crippen LogP contribution is -2.41. The highest BCUT2D eigenvalue weighted by molar-refractivity contribution is 5.26. The quantitative estimate of drug-likeness (QED) is 0.262. The Balaban J connectivity index is 1.79. The van der Waals surface area contributed by atoms with Crippen molar-refractivity contribution in [2.45, 2.75) is 155 Å². The molecule has 3 saturated carbocycles. The summed E-state index contributed by atoms with van der Waals surface area (Å²) in [4.78, 5) is 0. The first-order valence-corrected chi connectivity index (χ1v) is 14.8. The number of aliphatic hydroxyl groups is 4. The van der Waals surface area contributed by atoms with Gasteiger partial charge in [-0.05, 0) is 127 Å². The predicted octanol–water partition coefficient (Wildman–Crippen LogP) is 6.85. The molecule has 0 saturated heterocycles. The second kappa shape index (κ2) is 11.6. The van der Waals surface area contributed by atoms with Gasteiger partial charge in [-0.25, -0.2) is 0 Å². The second-order valence-corrected chi connectivity index (χ2v) is 14.5. The zero-order chi connectivity index (χ0) is 26.8. The van der Waals surface area contributed by atoms with Crippen LogP contribution in [0.5, 0.6) is 0 Å². The number of rotatable bonds is 10. The monoisotopic (exact) mass is 504 g/mol. The van der Waals surface area contributed by atoms with Crippen LogP contribution >= 0.6 is 0 Å². The van der Waals surface area contributed by atoms with Gasteiger partial charge in [0.1, 0.15) is 0 Å². The predicted molar refractivity (Wildman–Crippen MR) is 149 cm³/mol. The third-order valence-corrected chi connectivity index (χ3v) is 9.95. The summed E-state index contributed by atoms with van der Waals surface area (Å²) in [7, 11) is 0. The molecule has 4 N–H and O–H groups in total. The van der Waals surface area contributed by atoms with Gasteiger partial charge in [0, 0.05) is 0 Å². The zero-order valence-electron chi connectivity index (χ0n) is 24.2. The van der Waals surface area contributed by atoms with E-state index in [1.807, 2.05) is 27.7 Å². The van der Waals surface area contributed by atoms with Crippen molar-refractivity contribution in [1.29, 1.82) is 0 Å². The molecule has 0 aromatic heterocycles. The molecule has 0 aliphatic heterocycles. The fraction of sp³-hybridized carbons (Fsp3) is 0.875. The minimum absolute atomic E-state index is 0.207. The van der Waals surface area contributed by atoms with Crippen LogP contribution in [0.3, 0.4) is 0 Å². The highest BCUT2D eigenvalue weighted by Gasteiger charge is 2.54. The minimum Gasteiger partial charge on any atom is -0.393 e. The van der Waals surface area contributed by atoms with E-state index in [2.05, 4.69) is 26.0 Å². The molecule has 208 valence electrons. The van der Waals surface area contributed by atoms with Crippen molar-refractivity contribution in [1.82, 2.24) is 0 Å². The van der Waals surface area contributed by atoms with E-state index in [-0.39, 0.29) is 10.8 Å². The Morgan fingerprint density at radius 2 is 1.39 bits per heavy atom. The number of hydrogen-bond acceptors (Lipinski definition) is 4. The van der Waals surface area contributed by atoms with Crippen LogP contribution in [0.2, 0.25) is 0 Å². The van der Waals surface area contributed by atoms with Crippen molar-refractivity contribution < 1.29 is 20.4 Å². The van der Waals surface area contributed by atoms with E-state index < -0.39 is 23.4 Å². The van der Waals surface area contributed by atoms with E-state index >= 15 is 0 Å². The highest BCUT2D eigenvalue weighted by Crippen LogP contribution is 2.64. The van der Waals surface area contributed by atoms with Gasteiger partial charge in [-0.3, -0.25) is 0 Å². The summed E-state index contributed by atoms with van der Waals surface area (Å²) in [5.41, 5.74) is 2.00. The van der Waals surface area contributed by atoms with Crippen LogP contribution in [0, 0.1) is 22.7 Å².